The van der Waals surface area contributed by atoms with E-state index >= 15 is 0 Å². The fraction of sp³-hybridized carbons (Fsp3) is 0.167. The highest BCUT2D eigenvalue weighted by Crippen LogP contribution is 2.27. The number of carbonyl (C=O) groups excluding carboxylic acids is 1. The molecule has 0 aromatic carbocycles. The third kappa shape index (κ3) is 2.80. The van der Waals surface area contributed by atoms with Crippen LogP contribution in [-0.2, 0) is 4.79 Å². The van der Waals surface area contributed by atoms with Crippen LogP contribution >= 0.6 is 0 Å². The van der Waals surface area contributed by atoms with E-state index in [1.807, 2.05) is 12.1 Å². The van der Waals surface area contributed by atoms with Crippen molar-refractivity contribution < 1.29 is 9.18 Å². The maximum absolute atomic E-state index is 13.0. The van der Waals surface area contributed by atoms with Crippen LogP contribution in [0.5, 0.6) is 0 Å². The van der Waals surface area contributed by atoms with Gasteiger partial charge in [-0.15, -0.1) is 0 Å². The maximum Gasteiger partial charge on any atom is 0.282 e. The fourth-order valence-corrected chi connectivity index (χ4v) is 2.75. The van der Waals surface area contributed by atoms with E-state index in [0.29, 0.717) is 30.3 Å². The summed E-state index contributed by atoms with van der Waals surface area (Å²) in [5.41, 5.74) is 1.22. The highest BCUT2D eigenvalue weighted by atomic mass is 19.1. The SMILES string of the molecule is C=C(F)C(=O)N1CC(n2nc(C#Cc3ncccn3)c3cccnc32)C1. The number of hydrogen-bond donors (Lipinski definition) is 0. The predicted molar refractivity (Wildman–Crippen MR) is 91.4 cm³/mol. The van der Waals surface area contributed by atoms with Gasteiger partial charge in [0.1, 0.15) is 5.69 Å². The topological polar surface area (TPSA) is 76.8 Å². The summed E-state index contributed by atoms with van der Waals surface area (Å²) in [5.74, 6) is 4.62. The maximum atomic E-state index is 13.0. The summed E-state index contributed by atoms with van der Waals surface area (Å²) in [6, 6.07) is 5.32. The van der Waals surface area contributed by atoms with Gasteiger partial charge in [-0.3, -0.25) is 4.79 Å². The Balaban J connectivity index is 1.65. The molecule has 26 heavy (non-hydrogen) atoms. The molecular weight excluding hydrogens is 335 g/mol. The van der Waals surface area contributed by atoms with Gasteiger partial charge in [0.25, 0.3) is 5.91 Å². The first-order chi connectivity index (χ1) is 12.6. The molecule has 4 heterocycles. The van der Waals surface area contributed by atoms with Crippen LogP contribution in [0.15, 0.2) is 49.2 Å². The molecule has 3 aromatic rings. The summed E-state index contributed by atoms with van der Waals surface area (Å²) in [6.45, 7) is 3.74. The Morgan fingerprint density at radius 3 is 2.62 bits per heavy atom. The van der Waals surface area contributed by atoms with Crippen molar-refractivity contribution in [3.63, 3.8) is 0 Å². The molecule has 0 unspecified atom stereocenters. The van der Waals surface area contributed by atoms with E-state index in [2.05, 4.69) is 38.5 Å². The van der Waals surface area contributed by atoms with Gasteiger partial charge in [0, 0.05) is 31.7 Å². The molecule has 1 amide bonds. The molecule has 0 bridgehead atoms. The second-order valence-electron chi connectivity index (χ2n) is 5.76. The molecule has 8 heteroatoms. The zero-order valence-electron chi connectivity index (χ0n) is 13.6. The van der Waals surface area contributed by atoms with Crippen molar-refractivity contribution in [3.05, 3.63) is 60.7 Å². The van der Waals surface area contributed by atoms with Crippen molar-refractivity contribution in [2.75, 3.05) is 13.1 Å². The van der Waals surface area contributed by atoms with Crippen molar-refractivity contribution in [1.82, 2.24) is 29.6 Å². The first kappa shape index (κ1) is 15.9. The molecule has 0 spiro atoms. The lowest BCUT2D eigenvalue weighted by Gasteiger charge is -2.38. The molecule has 128 valence electrons. The molecule has 1 aliphatic rings. The van der Waals surface area contributed by atoms with E-state index in [0.717, 1.165) is 5.39 Å². The molecular formula is C18H13FN6O. The molecule has 1 aliphatic heterocycles. The van der Waals surface area contributed by atoms with Crippen molar-refractivity contribution in [2.45, 2.75) is 6.04 Å². The number of carbonyl (C=O) groups is 1. The van der Waals surface area contributed by atoms with Gasteiger partial charge in [-0.05, 0) is 30.0 Å². The minimum atomic E-state index is -0.957. The monoisotopic (exact) mass is 348 g/mol. The Bertz CT molecular complexity index is 1060. The summed E-state index contributed by atoms with van der Waals surface area (Å²) in [5, 5.41) is 5.34. The Morgan fingerprint density at radius 1 is 1.15 bits per heavy atom. The summed E-state index contributed by atoms with van der Waals surface area (Å²) < 4.78 is 14.7. The zero-order chi connectivity index (χ0) is 18.1. The number of pyridine rings is 1. The Hall–Kier alpha value is -3.60. The van der Waals surface area contributed by atoms with E-state index in [4.69, 9.17) is 0 Å². The largest absolute Gasteiger partial charge is 0.332 e. The lowest BCUT2D eigenvalue weighted by molar-refractivity contribution is -0.134. The zero-order valence-corrected chi connectivity index (χ0v) is 13.6. The highest BCUT2D eigenvalue weighted by molar-refractivity contribution is 5.91. The summed E-state index contributed by atoms with van der Waals surface area (Å²) >= 11 is 0. The van der Waals surface area contributed by atoms with E-state index in [1.54, 1.807) is 29.3 Å². The number of amides is 1. The fourth-order valence-electron chi connectivity index (χ4n) is 2.75. The lowest BCUT2D eigenvalue weighted by atomic mass is 10.1. The number of aromatic nitrogens is 5. The van der Waals surface area contributed by atoms with Crippen molar-refractivity contribution in [2.24, 2.45) is 0 Å². The van der Waals surface area contributed by atoms with Crippen LogP contribution in [0.25, 0.3) is 11.0 Å². The van der Waals surface area contributed by atoms with Crippen LogP contribution in [0.2, 0.25) is 0 Å². The van der Waals surface area contributed by atoms with Crippen molar-refractivity contribution in [3.8, 4) is 11.8 Å². The average Bonchev–Trinajstić information content (AvgIpc) is 2.98. The van der Waals surface area contributed by atoms with Gasteiger partial charge in [-0.25, -0.2) is 24.0 Å². The van der Waals surface area contributed by atoms with Gasteiger partial charge in [0.2, 0.25) is 5.82 Å². The number of fused-ring (bicyclic) bond motifs is 1. The third-order valence-corrected chi connectivity index (χ3v) is 4.05. The van der Waals surface area contributed by atoms with Gasteiger partial charge >= 0.3 is 0 Å². The standard InChI is InChI=1S/C18H13FN6O/c1-12(19)18(26)24-10-13(11-24)25-17-14(4-2-7-22-17)15(23-25)5-6-16-20-8-3-9-21-16/h2-4,7-9,13H,1,10-11H2. The second kappa shape index (κ2) is 6.37. The number of rotatable bonds is 2. The van der Waals surface area contributed by atoms with Crippen molar-refractivity contribution >= 4 is 16.9 Å². The number of nitrogens with zero attached hydrogens (tertiary/aromatic N) is 6. The van der Waals surface area contributed by atoms with Crippen LogP contribution in [0.4, 0.5) is 4.39 Å². The quantitative estimate of drug-likeness (QED) is 0.518. The summed E-state index contributed by atoms with van der Waals surface area (Å²) in [4.78, 5) is 25.5. The molecule has 0 aliphatic carbocycles. The first-order valence-corrected chi connectivity index (χ1v) is 7.89. The van der Waals surface area contributed by atoms with Crippen LogP contribution in [0.1, 0.15) is 17.6 Å². The van der Waals surface area contributed by atoms with E-state index < -0.39 is 11.7 Å². The van der Waals surface area contributed by atoms with Crippen LogP contribution in [0, 0.1) is 11.8 Å². The number of likely N-dealkylation sites (tertiary alicyclic amines) is 1. The third-order valence-electron chi connectivity index (χ3n) is 4.05. The molecule has 0 atom stereocenters. The lowest BCUT2D eigenvalue weighted by Crippen LogP contribution is -2.51. The average molecular weight is 348 g/mol. The Labute approximate surface area is 148 Å². The minimum Gasteiger partial charge on any atom is -0.332 e. The van der Waals surface area contributed by atoms with E-state index in [9.17, 15) is 9.18 Å². The Kier molecular flexibility index (Phi) is 3.89. The van der Waals surface area contributed by atoms with Crippen LogP contribution in [0.3, 0.4) is 0 Å². The molecule has 7 nitrogen and oxygen atoms in total. The first-order valence-electron chi connectivity index (χ1n) is 7.89. The molecule has 0 N–H and O–H groups in total. The second-order valence-corrected chi connectivity index (χ2v) is 5.76. The molecule has 1 saturated heterocycles. The van der Waals surface area contributed by atoms with E-state index in [1.165, 1.54) is 4.90 Å². The number of halogens is 1. The van der Waals surface area contributed by atoms with Crippen molar-refractivity contribution in [1.29, 1.82) is 0 Å². The molecule has 3 aromatic heterocycles. The molecule has 0 saturated carbocycles. The molecule has 4 rings (SSSR count). The molecule has 1 fully saturated rings. The van der Waals surface area contributed by atoms with Crippen LogP contribution in [-0.4, -0.2) is 48.6 Å². The predicted octanol–water partition coefficient (Wildman–Crippen LogP) is 1.49. The van der Waals surface area contributed by atoms with E-state index in [-0.39, 0.29) is 6.04 Å². The van der Waals surface area contributed by atoms with Gasteiger partial charge in [0.15, 0.2) is 11.5 Å². The van der Waals surface area contributed by atoms with Gasteiger partial charge < -0.3 is 4.90 Å². The summed E-state index contributed by atoms with van der Waals surface area (Å²) in [7, 11) is 0. The van der Waals surface area contributed by atoms with Crippen LogP contribution < -0.4 is 0 Å². The number of hydrogen-bond acceptors (Lipinski definition) is 5. The highest BCUT2D eigenvalue weighted by Gasteiger charge is 2.35. The Morgan fingerprint density at radius 2 is 1.88 bits per heavy atom. The smallest absolute Gasteiger partial charge is 0.282 e. The van der Waals surface area contributed by atoms with Gasteiger partial charge in [-0.1, -0.05) is 6.58 Å². The van der Waals surface area contributed by atoms with Gasteiger partial charge in [-0.2, -0.15) is 5.10 Å². The summed E-state index contributed by atoms with van der Waals surface area (Å²) in [6.07, 6.45) is 4.91. The normalized spacial score (nSPS) is 13.8. The minimum absolute atomic E-state index is 0.0841. The van der Waals surface area contributed by atoms with Gasteiger partial charge in [0.05, 0.1) is 11.4 Å². The molecule has 0 radical (unpaired) electrons.